The topological polar surface area (TPSA) is 55.3 Å². The van der Waals surface area contributed by atoms with E-state index in [-0.39, 0.29) is 11.5 Å². The van der Waals surface area contributed by atoms with Crippen molar-refractivity contribution < 1.29 is 22.7 Å². The minimum atomic E-state index is -4.46. The van der Waals surface area contributed by atoms with E-state index in [1.807, 2.05) is 20.8 Å². The second-order valence-corrected chi connectivity index (χ2v) is 8.21. The molecule has 5 nitrogen and oxygen atoms in total. The molecule has 1 spiro atoms. The van der Waals surface area contributed by atoms with Crippen LogP contribution in [0.4, 0.5) is 18.0 Å². The highest BCUT2D eigenvalue weighted by Gasteiger charge is 2.54. The van der Waals surface area contributed by atoms with Gasteiger partial charge in [-0.2, -0.15) is 13.2 Å². The molecule has 0 atom stereocenters. The van der Waals surface area contributed by atoms with Crippen LogP contribution < -0.4 is 0 Å². The summed E-state index contributed by atoms with van der Waals surface area (Å²) in [6.07, 6.45) is -0.207. The fourth-order valence-electron chi connectivity index (χ4n) is 3.69. The Labute approximate surface area is 144 Å². The number of alkyl halides is 3. The summed E-state index contributed by atoms with van der Waals surface area (Å²) in [6.45, 7) is 6.90. The van der Waals surface area contributed by atoms with Crippen LogP contribution in [0.5, 0.6) is 0 Å². The molecule has 0 N–H and O–H groups in total. The Balaban J connectivity index is 1.44. The maximum atomic E-state index is 12.5. The molecule has 2 aliphatic rings. The fraction of sp³-hybridized carbons (Fsp3) is 0.706. The van der Waals surface area contributed by atoms with E-state index in [9.17, 15) is 18.0 Å². The Hall–Kier alpha value is -1.86. The van der Waals surface area contributed by atoms with Crippen LogP contribution in [0.1, 0.15) is 45.0 Å². The van der Waals surface area contributed by atoms with Crippen molar-refractivity contribution in [1.29, 1.82) is 0 Å². The third-order valence-electron chi connectivity index (χ3n) is 4.64. The molecular formula is C17H22F3N3O2. The van der Waals surface area contributed by atoms with Gasteiger partial charge < -0.3 is 9.64 Å². The van der Waals surface area contributed by atoms with Gasteiger partial charge in [-0.25, -0.2) is 9.78 Å². The minimum Gasteiger partial charge on any atom is -0.444 e. The average Bonchev–Trinajstić information content (AvgIpc) is 2.37. The normalized spacial score (nSPS) is 20.2. The molecule has 1 aromatic heterocycles. The maximum Gasteiger partial charge on any atom is 0.434 e. The van der Waals surface area contributed by atoms with Crippen molar-refractivity contribution in [3.8, 4) is 0 Å². The molecule has 25 heavy (non-hydrogen) atoms. The van der Waals surface area contributed by atoms with Gasteiger partial charge in [0.25, 0.3) is 0 Å². The number of hydrogen-bond acceptors (Lipinski definition) is 4. The number of carbonyl (C=O) groups is 1. The van der Waals surface area contributed by atoms with E-state index in [1.54, 1.807) is 4.90 Å². The molecule has 8 heteroatoms. The predicted octanol–water partition coefficient (Wildman–Crippen LogP) is 3.69. The van der Waals surface area contributed by atoms with Gasteiger partial charge in [0.15, 0.2) is 5.69 Å². The Morgan fingerprint density at radius 2 is 1.88 bits per heavy atom. The predicted molar refractivity (Wildman–Crippen MR) is 83.7 cm³/mol. The van der Waals surface area contributed by atoms with Crippen LogP contribution in [0.2, 0.25) is 0 Å². The van der Waals surface area contributed by atoms with E-state index in [0.29, 0.717) is 31.1 Å². The van der Waals surface area contributed by atoms with Crippen LogP contribution in [0.3, 0.4) is 0 Å². The molecule has 0 radical (unpaired) electrons. The van der Waals surface area contributed by atoms with Gasteiger partial charge in [-0.3, -0.25) is 4.98 Å². The first-order chi connectivity index (χ1) is 11.5. The maximum absolute atomic E-state index is 12.5. The lowest BCUT2D eigenvalue weighted by Gasteiger charge is -2.58. The van der Waals surface area contributed by atoms with Crippen molar-refractivity contribution in [2.24, 2.45) is 11.3 Å². The van der Waals surface area contributed by atoms with E-state index >= 15 is 0 Å². The van der Waals surface area contributed by atoms with Crippen LogP contribution >= 0.6 is 0 Å². The molecule has 0 unspecified atom stereocenters. The Morgan fingerprint density at radius 1 is 1.24 bits per heavy atom. The van der Waals surface area contributed by atoms with E-state index in [1.165, 1.54) is 6.20 Å². The number of ether oxygens (including phenoxy) is 1. The smallest absolute Gasteiger partial charge is 0.434 e. The Bertz CT molecular complexity index is 639. The molecular weight excluding hydrogens is 335 g/mol. The lowest BCUT2D eigenvalue weighted by atomic mass is 9.57. The zero-order valence-electron chi connectivity index (χ0n) is 14.6. The van der Waals surface area contributed by atoms with E-state index in [4.69, 9.17) is 4.74 Å². The molecule has 1 saturated carbocycles. The number of aromatic nitrogens is 2. The molecule has 138 valence electrons. The molecule has 1 aliphatic carbocycles. The van der Waals surface area contributed by atoms with Crippen LogP contribution in [0.25, 0.3) is 0 Å². The molecule has 1 amide bonds. The monoisotopic (exact) mass is 357 g/mol. The highest BCUT2D eigenvalue weighted by Crippen LogP contribution is 2.53. The van der Waals surface area contributed by atoms with Crippen molar-refractivity contribution in [1.82, 2.24) is 14.9 Å². The number of amides is 1. The number of hydrogen-bond donors (Lipinski definition) is 0. The van der Waals surface area contributed by atoms with Crippen molar-refractivity contribution in [2.45, 2.75) is 51.8 Å². The summed E-state index contributed by atoms with van der Waals surface area (Å²) in [5.74, 6) is 0.381. The number of nitrogens with zero attached hydrogens (tertiary/aromatic N) is 3. The highest BCUT2D eigenvalue weighted by atomic mass is 19.4. The first kappa shape index (κ1) is 17.9. The van der Waals surface area contributed by atoms with Crippen molar-refractivity contribution in [3.63, 3.8) is 0 Å². The van der Waals surface area contributed by atoms with E-state index in [2.05, 4.69) is 9.97 Å². The van der Waals surface area contributed by atoms with Crippen molar-refractivity contribution in [3.05, 3.63) is 23.8 Å². The summed E-state index contributed by atoms with van der Waals surface area (Å²) in [7, 11) is 0. The Kier molecular flexibility index (Phi) is 4.20. The van der Waals surface area contributed by atoms with Gasteiger partial charge in [0.05, 0.1) is 11.9 Å². The first-order valence-electron chi connectivity index (χ1n) is 8.32. The van der Waals surface area contributed by atoms with Gasteiger partial charge >= 0.3 is 12.3 Å². The standard InChI is InChI=1S/C17H22F3N3O2/c1-15(2,3)25-14(24)23-9-16(10-23)5-11(6-16)4-12-7-22-13(8-21-12)17(18,19)20/h7-8,11H,4-6,9-10H2,1-3H3. The molecule has 2 fully saturated rings. The lowest BCUT2D eigenvalue weighted by molar-refractivity contribution is -0.141. The SMILES string of the molecule is CC(C)(C)OC(=O)N1CC2(CC(Cc3cnc(C(F)(F)F)cn3)C2)C1. The van der Waals surface area contributed by atoms with Crippen LogP contribution in [-0.4, -0.2) is 39.7 Å². The van der Waals surface area contributed by atoms with Gasteiger partial charge in [0.1, 0.15) is 5.60 Å². The third-order valence-corrected chi connectivity index (χ3v) is 4.64. The molecule has 3 rings (SSSR count). The van der Waals surface area contributed by atoms with Gasteiger partial charge in [0.2, 0.25) is 0 Å². The van der Waals surface area contributed by atoms with Crippen molar-refractivity contribution >= 4 is 6.09 Å². The van der Waals surface area contributed by atoms with Crippen LogP contribution in [-0.2, 0) is 17.3 Å². The number of rotatable bonds is 2. The molecule has 1 aliphatic heterocycles. The third kappa shape index (κ3) is 4.04. The summed E-state index contributed by atoms with van der Waals surface area (Å²) in [5.41, 5.74) is -0.728. The molecule has 1 aromatic rings. The lowest BCUT2D eigenvalue weighted by Crippen LogP contribution is -2.64. The summed E-state index contributed by atoms with van der Waals surface area (Å²) < 4.78 is 42.8. The summed E-state index contributed by atoms with van der Waals surface area (Å²) in [5, 5.41) is 0. The van der Waals surface area contributed by atoms with Gasteiger partial charge in [-0.15, -0.1) is 0 Å². The second-order valence-electron chi connectivity index (χ2n) is 8.21. The fourth-order valence-corrected chi connectivity index (χ4v) is 3.69. The summed E-state index contributed by atoms with van der Waals surface area (Å²) in [4.78, 5) is 21.0. The first-order valence-corrected chi connectivity index (χ1v) is 8.32. The largest absolute Gasteiger partial charge is 0.444 e. The van der Waals surface area contributed by atoms with Crippen molar-refractivity contribution in [2.75, 3.05) is 13.1 Å². The quantitative estimate of drug-likeness (QED) is 0.810. The van der Waals surface area contributed by atoms with Gasteiger partial charge in [-0.1, -0.05) is 0 Å². The zero-order valence-corrected chi connectivity index (χ0v) is 14.6. The second kappa shape index (κ2) is 5.85. The molecule has 2 heterocycles. The van der Waals surface area contributed by atoms with Gasteiger partial charge in [-0.05, 0) is 46.0 Å². The average molecular weight is 357 g/mol. The number of likely N-dealkylation sites (tertiary alicyclic amines) is 1. The molecule has 1 saturated heterocycles. The highest BCUT2D eigenvalue weighted by molar-refractivity contribution is 5.69. The molecule has 0 aromatic carbocycles. The van der Waals surface area contributed by atoms with Crippen LogP contribution in [0.15, 0.2) is 12.4 Å². The molecule has 0 bridgehead atoms. The summed E-state index contributed by atoms with van der Waals surface area (Å²) in [6, 6.07) is 0. The number of carbonyl (C=O) groups excluding carboxylic acids is 1. The van der Waals surface area contributed by atoms with E-state index in [0.717, 1.165) is 19.0 Å². The Morgan fingerprint density at radius 3 is 2.36 bits per heavy atom. The van der Waals surface area contributed by atoms with Crippen LogP contribution in [0, 0.1) is 11.3 Å². The van der Waals surface area contributed by atoms with Gasteiger partial charge in [0, 0.05) is 24.7 Å². The van der Waals surface area contributed by atoms with E-state index < -0.39 is 17.5 Å². The zero-order chi connectivity index (χ0) is 18.5. The summed E-state index contributed by atoms with van der Waals surface area (Å²) >= 11 is 0. The number of halogens is 3. The minimum absolute atomic E-state index is 0.154.